The van der Waals surface area contributed by atoms with Crippen molar-refractivity contribution in [1.82, 2.24) is 14.5 Å². The molecular formula is C20H20N4O. The highest BCUT2D eigenvalue weighted by atomic mass is 16.1. The van der Waals surface area contributed by atoms with Gasteiger partial charge in [-0.2, -0.15) is 0 Å². The van der Waals surface area contributed by atoms with Gasteiger partial charge in [-0.25, -0.2) is 4.98 Å². The van der Waals surface area contributed by atoms with Crippen molar-refractivity contribution in [3.8, 4) is 11.4 Å². The van der Waals surface area contributed by atoms with E-state index in [9.17, 15) is 4.79 Å². The molecule has 5 heteroatoms. The molecule has 2 saturated heterocycles. The molecule has 5 rings (SSSR count). The number of benzene rings is 2. The number of anilines is 1. The van der Waals surface area contributed by atoms with Crippen molar-refractivity contribution in [2.24, 2.45) is 7.05 Å². The third-order valence-corrected chi connectivity index (χ3v) is 5.69. The molecule has 5 nitrogen and oxygen atoms in total. The third-order valence-electron chi connectivity index (χ3n) is 5.69. The Balaban J connectivity index is 1.59. The van der Waals surface area contributed by atoms with Crippen molar-refractivity contribution in [2.75, 3.05) is 25.0 Å². The molecule has 2 aliphatic heterocycles. The van der Waals surface area contributed by atoms with E-state index in [0.717, 1.165) is 29.9 Å². The summed E-state index contributed by atoms with van der Waals surface area (Å²) in [6.45, 7) is 2.15. The fourth-order valence-corrected chi connectivity index (χ4v) is 4.05. The van der Waals surface area contributed by atoms with Gasteiger partial charge in [-0.05, 0) is 25.2 Å². The minimum Gasteiger partial charge on any atom is -0.364 e. The monoisotopic (exact) mass is 332 g/mol. The van der Waals surface area contributed by atoms with Crippen LogP contribution in [0.2, 0.25) is 0 Å². The van der Waals surface area contributed by atoms with Gasteiger partial charge in [-0.1, -0.05) is 30.3 Å². The normalized spacial score (nSPS) is 22.4. The number of aromatic nitrogens is 2. The molecule has 126 valence electrons. The van der Waals surface area contributed by atoms with Crippen LogP contribution in [0.25, 0.3) is 22.3 Å². The summed E-state index contributed by atoms with van der Waals surface area (Å²) in [4.78, 5) is 22.4. The molecule has 2 fully saturated rings. The van der Waals surface area contributed by atoms with E-state index < -0.39 is 0 Å². The summed E-state index contributed by atoms with van der Waals surface area (Å²) in [5.74, 6) is 0.704. The molecule has 0 radical (unpaired) electrons. The molecule has 0 aliphatic carbocycles. The highest BCUT2D eigenvalue weighted by Crippen LogP contribution is 2.36. The summed E-state index contributed by atoms with van der Waals surface area (Å²) >= 11 is 0. The molecule has 0 N–H and O–H groups in total. The SMILES string of the molecule is CN1CC2[C@H]1CN2c1ccc2nc(-c3ccccc3)n(C)c(=O)c2c1. The van der Waals surface area contributed by atoms with Gasteiger partial charge in [0, 0.05) is 37.4 Å². The van der Waals surface area contributed by atoms with E-state index in [0.29, 0.717) is 23.3 Å². The van der Waals surface area contributed by atoms with Crippen LogP contribution in [-0.2, 0) is 7.05 Å². The van der Waals surface area contributed by atoms with Crippen molar-refractivity contribution in [3.05, 3.63) is 58.9 Å². The van der Waals surface area contributed by atoms with Gasteiger partial charge < -0.3 is 4.90 Å². The second-order valence-corrected chi connectivity index (χ2v) is 7.09. The Bertz CT molecular complexity index is 1030. The predicted octanol–water partition coefficient (Wildman–Crippen LogP) is 2.10. The van der Waals surface area contributed by atoms with Crippen LogP contribution in [0, 0.1) is 0 Å². The standard InChI is InChI=1S/C20H20N4O/c1-22-11-18-17(22)12-24(18)14-8-9-16-15(10-14)20(25)23(2)19(21-16)13-6-4-3-5-7-13/h3-10,17-18H,11-12H2,1-2H3/t17-,18?/m1/s1. The van der Waals surface area contributed by atoms with Crippen LogP contribution < -0.4 is 10.5 Å². The Morgan fingerprint density at radius 1 is 1.00 bits per heavy atom. The van der Waals surface area contributed by atoms with Crippen molar-refractivity contribution < 1.29 is 0 Å². The maximum atomic E-state index is 12.9. The minimum atomic E-state index is 0.00787. The summed E-state index contributed by atoms with van der Waals surface area (Å²) < 4.78 is 1.65. The largest absolute Gasteiger partial charge is 0.364 e. The van der Waals surface area contributed by atoms with E-state index >= 15 is 0 Å². The second-order valence-electron chi connectivity index (χ2n) is 7.09. The summed E-state index contributed by atoms with van der Waals surface area (Å²) in [5.41, 5.74) is 2.85. The molecule has 0 saturated carbocycles. The van der Waals surface area contributed by atoms with Crippen LogP contribution in [0.15, 0.2) is 53.3 Å². The molecular weight excluding hydrogens is 312 g/mol. The molecule has 0 spiro atoms. The molecule has 2 aromatic carbocycles. The maximum absolute atomic E-state index is 12.9. The smallest absolute Gasteiger partial charge is 0.261 e. The van der Waals surface area contributed by atoms with E-state index in [2.05, 4.69) is 22.9 Å². The van der Waals surface area contributed by atoms with E-state index in [4.69, 9.17) is 4.98 Å². The summed E-state index contributed by atoms with van der Waals surface area (Å²) in [6, 6.07) is 17.2. The lowest BCUT2D eigenvalue weighted by atomic mass is 9.85. The fourth-order valence-electron chi connectivity index (χ4n) is 4.05. The Morgan fingerprint density at radius 3 is 2.48 bits per heavy atom. The average molecular weight is 332 g/mol. The van der Waals surface area contributed by atoms with Gasteiger partial charge in [0.05, 0.1) is 16.9 Å². The molecule has 3 aromatic rings. The summed E-state index contributed by atoms with van der Waals surface area (Å²) in [5, 5.41) is 0.691. The Labute approximate surface area is 146 Å². The number of likely N-dealkylation sites (N-methyl/N-ethyl adjacent to an activating group) is 1. The van der Waals surface area contributed by atoms with E-state index in [1.54, 1.807) is 11.6 Å². The molecule has 1 unspecified atom stereocenters. The van der Waals surface area contributed by atoms with Gasteiger partial charge in [0.1, 0.15) is 5.82 Å². The van der Waals surface area contributed by atoms with Crippen LogP contribution >= 0.6 is 0 Å². The molecule has 2 atom stereocenters. The van der Waals surface area contributed by atoms with E-state index in [1.165, 1.54) is 0 Å². The van der Waals surface area contributed by atoms with Gasteiger partial charge in [0.2, 0.25) is 0 Å². The zero-order chi connectivity index (χ0) is 17.1. The predicted molar refractivity (Wildman–Crippen MR) is 100.0 cm³/mol. The maximum Gasteiger partial charge on any atom is 0.261 e. The lowest BCUT2D eigenvalue weighted by Gasteiger charge is -2.62. The quantitative estimate of drug-likeness (QED) is 0.721. The molecule has 25 heavy (non-hydrogen) atoms. The van der Waals surface area contributed by atoms with Crippen molar-refractivity contribution >= 4 is 16.6 Å². The first kappa shape index (κ1) is 14.7. The Hall–Kier alpha value is -2.66. The van der Waals surface area contributed by atoms with Crippen LogP contribution in [0.4, 0.5) is 5.69 Å². The summed E-state index contributed by atoms with van der Waals surface area (Å²) in [6.07, 6.45) is 0. The first-order valence-corrected chi connectivity index (χ1v) is 8.66. The lowest BCUT2D eigenvalue weighted by Crippen LogP contribution is -2.78. The number of piperazine rings is 1. The lowest BCUT2D eigenvalue weighted by molar-refractivity contribution is 0.0369. The molecule has 2 aliphatic rings. The zero-order valence-electron chi connectivity index (χ0n) is 14.4. The Morgan fingerprint density at radius 2 is 1.80 bits per heavy atom. The van der Waals surface area contributed by atoms with Crippen molar-refractivity contribution in [2.45, 2.75) is 12.1 Å². The van der Waals surface area contributed by atoms with E-state index in [1.807, 2.05) is 42.5 Å². The van der Waals surface area contributed by atoms with Gasteiger partial charge in [-0.3, -0.25) is 14.3 Å². The van der Waals surface area contributed by atoms with Gasteiger partial charge >= 0.3 is 0 Å². The van der Waals surface area contributed by atoms with E-state index in [-0.39, 0.29) is 5.56 Å². The molecule has 3 heterocycles. The van der Waals surface area contributed by atoms with Crippen LogP contribution in [0.1, 0.15) is 0 Å². The number of nitrogens with zero attached hydrogens (tertiary/aromatic N) is 4. The number of hydrogen-bond acceptors (Lipinski definition) is 4. The number of fused-ring (bicyclic) bond motifs is 2. The Kier molecular flexibility index (Phi) is 3.03. The number of hydrogen-bond donors (Lipinski definition) is 0. The number of likely N-dealkylation sites (tertiary alicyclic amines) is 1. The van der Waals surface area contributed by atoms with Crippen LogP contribution in [0.3, 0.4) is 0 Å². The van der Waals surface area contributed by atoms with Crippen molar-refractivity contribution in [1.29, 1.82) is 0 Å². The first-order chi connectivity index (χ1) is 12.1. The topological polar surface area (TPSA) is 41.4 Å². The summed E-state index contributed by atoms with van der Waals surface area (Å²) in [7, 11) is 3.97. The first-order valence-electron chi connectivity index (χ1n) is 8.66. The fraction of sp³-hybridized carbons (Fsp3) is 0.300. The van der Waals surface area contributed by atoms with Gasteiger partial charge in [0.25, 0.3) is 5.56 Å². The van der Waals surface area contributed by atoms with Gasteiger partial charge in [0.15, 0.2) is 0 Å². The van der Waals surface area contributed by atoms with Crippen LogP contribution in [0.5, 0.6) is 0 Å². The third kappa shape index (κ3) is 2.05. The molecule has 0 bridgehead atoms. The average Bonchev–Trinajstić information content (AvgIpc) is 2.63. The molecule has 0 amide bonds. The van der Waals surface area contributed by atoms with Gasteiger partial charge in [-0.15, -0.1) is 0 Å². The zero-order valence-corrected chi connectivity index (χ0v) is 14.4. The molecule has 1 aromatic heterocycles. The number of rotatable bonds is 2. The highest BCUT2D eigenvalue weighted by molar-refractivity contribution is 5.84. The highest BCUT2D eigenvalue weighted by Gasteiger charge is 2.49. The minimum absolute atomic E-state index is 0.00787. The van der Waals surface area contributed by atoms with Crippen LogP contribution in [-0.4, -0.2) is 46.7 Å². The van der Waals surface area contributed by atoms with Crippen molar-refractivity contribution in [3.63, 3.8) is 0 Å². The second kappa shape index (κ2) is 5.17.